The van der Waals surface area contributed by atoms with Crippen molar-refractivity contribution in [2.45, 2.75) is 26.1 Å². The largest absolute Gasteiger partial charge is 0.573 e. The summed E-state index contributed by atoms with van der Waals surface area (Å²) in [7, 11) is 0. The van der Waals surface area contributed by atoms with Gasteiger partial charge >= 0.3 is 6.36 Å². The minimum atomic E-state index is -4.63. The lowest BCUT2D eigenvalue weighted by molar-refractivity contribution is -0.274. The molecular formula is C12H13F3O. The van der Waals surface area contributed by atoms with E-state index in [1.807, 2.05) is 12.2 Å². The van der Waals surface area contributed by atoms with Gasteiger partial charge in [0.05, 0.1) is 0 Å². The molecule has 0 N–H and O–H groups in total. The summed E-state index contributed by atoms with van der Waals surface area (Å²) in [4.78, 5) is 0. The molecule has 1 aromatic carbocycles. The van der Waals surface area contributed by atoms with Gasteiger partial charge in [0.15, 0.2) is 0 Å². The molecule has 0 radical (unpaired) electrons. The van der Waals surface area contributed by atoms with E-state index >= 15 is 0 Å². The van der Waals surface area contributed by atoms with Gasteiger partial charge in [-0.15, -0.1) is 13.2 Å². The van der Waals surface area contributed by atoms with Crippen LogP contribution in [0.4, 0.5) is 13.2 Å². The Morgan fingerprint density at radius 3 is 2.31 bits per heavy atom. The Balaban J connectivity index is 2.61. The maximum atomic E-state index is 11.9. The van der Waals surface area contributed by atoms with Gasteiger partial charge in [0.1, 0.15) is 5.75 Å². The first-order chi connectivity index (χ1) is 7.51. The van der Waals surface area contributed by atoms with Crippen molar-refractivity contribution in [3.63, 3.8) is 0 Å². The maximum absolute atomic E-state index is 11.9. The van der Waals surface area contributed by atoms with Crippen molar-refractivity contribution in [2.24, 2.45) is 0 Å². The van der Waals surface area contributed by atoms with Gasteiger partial charge in [0.25, 0.3) is 0 Å². The number of unbranched alkanes of at least 4 members (excludes halogenated alkanes) is 1. The Labute approximate surface area is 92.5 Å². The monoisotopic (exact) mass is 230 g/mol. The van der Waals surface area contributed by atoms with E-state index in [2.05, 4.69) is 11.7 Å². The zero-order valence-corrected chi connectivity index (χ0v) is 8.92. The highest BCUT2D eigenvalue weighted by Gasteiger charge is 2.30. The molecule has 88 valence electrons. The highest BCUT2D eigenvalue weighted by Crippen LogP contribution is 2.22. The number of alkyl halides is 3. The number of halogens is 3. The lowest BCUT2D eigenvalue weighted by Crippen LogP contribution is -2.16. The van der Waals surface area contributed by atoms with Gasteiger partial charge in [0, 0.05) is 0 Å². The molecule has 4 heteroatoms. The number of allylic oxidation sites excluding steroid dienone is 1. The molecule has 0 bridgehead atoms. The van der Waals surface area contributed by atoms with Gasteiger partial charge in [-0.3, -0.25) is 0 Å². The topological polar surface area (TPSA) is 9.23 Å². The van der Waals surface area contributed by atoms with E-state index in [1.54, 1.807) is 12.1 Å². The summed E-state index contributed by atoms with van der Waals surface area (Å²) in [6.45, 7) is 2.06. The Bertz CT molecular complexity index is 338. The third-order valence-corrected chi connectivity index (χ3v) is 1.88. The van der Waals surface area contributed by atoms with E-state index in [0.29, 0.717) is 0 Å². The van der Waals surface area contributed by atoms with Gasteiger partial charge in [0.2, 0.25) is 0 Å². The first-order valence-corrected chi connectivity index (χ1v) is 5.03. The number of hydrogen-bond donors (Lipinski definition) is 0. The zero-order chi connectivity index (χ0) is 12.0. The first kappa shape index (κ1) is 12.6. The van der Waals surface area contributed by atoms with E-state index < -0.39 is 6.36 Å². The van der Waals surface area contributed by atoms with Crippen LogP contribution in [0.5, 0.6) is 5.75 Å². The van der Waals surface area contributed by atoms with Crippen LogP contribution in [0.2, 0.25) is 0 Å². The molecule has 0 aliphatic rings. The second-order valence-electron chi connectivity index (χ2n) is 3.31. The summed E-state index contributed by atoms with van der Waals surface area (Å²) >= 11 is 0. The summed E-state index contributed by atoms with van der Waals surface area (Å²) in [5.74, 6) is -0.194. The maximum Gasteiger partial charge on any atom is 0.573 e. The van der Waals surface area contributed by atoms with Gasteiger partial charge < -0.3 is 4.74 Å². The highest BCUT2D eigenvalue weighted by atomic mass is 19.4. The third-order valence-electron chi connectivity index (χ3n) is 1.88. The van der Waals surface area contributed by atoms with Crippen molar-refractivity contribution in [1.82, 2.24) is 0 Å². The summed E-state index contributed by atoms with van der Waals surface area (Å²) in [6.07, 6.45) is 1.24. The molecule has 0 saturated heterocycles. The Kier molecular flexibility index (Phi) is 4.40. The van der Waals surface area contributed by atoms with E-state index in [9.17, 15) is 13.2 Å². The van der Waals surface area contributed by atoms with Crippen molar-refractivity contribution in [2.75, 3.05) is 0 Å². The molecule has 16 heavy (non-hydrogen) atoms. The molecule has 0 atom stereocenters. The van der Waals surface area contributed by atoms with Crippen LogP contribution in [-0.4, -0.2) is 6.36 Å². The minimum Gasteiger partial charge on any atom is -0.406 e. The van der Waals surface area contributed by atoms with E-state index in [0.717, 1.165) is 18.4 Å². The fourth-order valence-electron chi connectivity index (χ4n) is 1.17. The molecular weight excluding hydrogens is 217 g/mol. The van der Waals surface area contributed by atoms with Crippen molar-refractivity contribution in [3.05, 3.63) is 35.9 Å². The van der Waals surface area contributed by atoms with Crippen LogP contribution in [0.3, 0.4) is 0 Å². The normalized spacial score (nSPS) is 12.0. The number of rotatable bonds is 4. The predicted molar refractivity (Wildman–Crippen MR) is 57.1 cm³/mol. The van der Waals surface area contributed by atoms with Gasteiger partial charge in [-0.05, 0) is 24.1 Å². The molecule has 1 rings (SSSR count). The standard InChI is InChI=1S/C12H13F3O/c1-2-3-4-5-10-6-8-11(9-7-10)16-12(13,14)15/h4-9H,2-3H2,1H3/b5-4+. The molecule has 0 heterocycles. The highest BCUT2D eigenvalue weighted by molar-refractivity contribution is 5.50. The molecule has 0 aliphatic heterocycles. The van der Waals surface area contributed by atoms with Crippen molar-refractivity contribution < 1.29 is 17.9 Å². The summed E-state index contributed by atoms with van der Waals surface area (Å²) < 4.78 is 39.3. The van der Waals surface area contributed by atoms with E-state index in [4.69, 9.17) is 0 Å². The van der Waals surface area contributed by atoms with Gasteiger partial charge in [-0.25, -0.2) is 0 Å². The number of benzene rings is 1. The van der Waals surface area contributed by atoms with Gasteiger partial charge in [-0.2, -0.15) is 0 Å². The fraction of sp³-hybridized carbons (Fsp3) is 0.333. The zero-order valence-electron chi connectivity index (χ0n) is 8.92. The molecule has 0 saturated carbocycles. The van der Waals surface area contributed by atoms with Crippen LogP contribution in [0, 0.1) is 0 Å². The van der Waals surface area contributed by atoms with Crippen LogP contribution in [-0.2, 0) is 0 Å². The van der Waals surface area contributed by atoms with Crippen molar-refractivity contribution in [1.29, 1.82) is 0 Å². The second-order valence-corrected chi connectivity index (χ2v) is 3.31. The van der Waals surface area contributed by atoms with Crippen molar-refractivity contribution >= 4 is 6.08 Å². The lowest BCUT2D eigenvalue weighted by atomic mass is 10.2. The summed E-state index contributed by atoms with van der Waals surface area (Å²) in [5.41, 5.74) is 0.864. The smallest absolute Gasteiger partial charge is 0.406 e. The van der Waals surface area contributed by atoms with Crippen LogP contribution < -0.4 is 4.74 Å². The van der Waals surface area contributed by atoms with Crippen LogP contribution in [0.15, 0.2) is 30.3 Å². The fourth-order valence-corrected chi connectivity index (χ4v) is 1.17. The molecule has 0 amide bonds. The number of ether oxygens (including phenoxy) is 1. The molecule has 1 aromatic rings. The average Bonchev–Trinajstić information content (AvgIpc) is 2.19. The van der Waals surface area contributed by atoms with Gasteiger partial charge in [-0.1, -0.05) is 37.6 Å². The van der Waals surface area contributed by atoms with Crippen LogP contribution >= 0.6 is 0 Å². The second kappa shape index (κ2) is 5.58. The summed E-state index contributed by atoms with van der Waals surface area (Å²) in [6, 6.07) is 5.79. The third kappa shape index (κ3) is 4.87. The Morgan fingerprint density at radius 1 is 1.19 bits per heavy atom. The van der Waals surface area contributed by atoms with Crippen LogP contribution in [0.1, 0.15) is 25.3 Å². The summed E-state index contributed by atoms with van der Waals surface area (Å²) in [5, 5.41) is 0. The molecule has 0 aromatic heterocycles. The molecule has 0 aliphatic carbocycles. The number of hydrogen-bond acceptors (Lipinski definition) is 1. The average molecular weight is 230 g/mol. The molecule has 1 nitrogen and oxygen atoms in total. The Morgan fingerprint density at radius 2 is 1.81 bits per heavy atom. The van der Waals surface area contributed by atoms with Crippen LogP contribution in [0.25, 0.3) is 6.08 Å². The molecule has 0 spiro atoms. The van der Waals surface area contributed by atoms with E-state index in [1.165, 1.54) is 12.1 Å². The predicted octanol–water partition coefficient (Wildman–Crippen LogP) is 4.40. The quantitative estimate of drug-likeness (QED) is 0.744. The minimum absolute atomic E-state index is 0.194. The molecule has 0 unspecified atom stereocenters. The van der Waals surface area contributed by atoms with E-state index in [-0.39, 0.29) is 5.75 Å². The first-order valence-electron chi connectivity index (χ1n) is 5.03. The van der Waals surface area contributed by atoms with Crippen molar-refractivity contribution in [3.8, 4) is 5.75 Å². The SMILES string of the molecule is CCC/C=C/c1ccc(OC(F)(F)F)cc1. The lowest BCUT2D eigenvalue weighted by Gasteiger charge is -2.08. The molecule has 0 fully saturated rings. The Hall–Kier alpha value is -1.45.